The van der Waals surface area contributed by atoms with E-state index in [0.29, 0.717) is 34.1 Å². The fraction of sp³-hybridized carbons (Fsp3) is 0.375. The molecule has 1 heterocycles. The lowest BCUT2D eigenvalue weighted by molar-refractivity contribution is 0.0510. The van der Waals surface area contributed by atoms with Crippen molar-refractivity contribution in [2.75, 3.05) is 5.73 Å². The van der Waals surface area contributed by atoms with E-state index in [9.17, 15) is 4.79 Å². The van der Waals surface area contributed by atoms with E-state index in [1.54, 1.807) is 26.8 Å². The van der Waals surface area contributed by atoms with Crippen molar-refractivity contribution in [3.63, 3.8) is 0 Å². The van der Waals surface area contributed by atoms with Crippen LogP contribution in [0.25, 0.3) is 11.3 Å². The van der Waals surface area contributed by atoms with Crippen LogP contribution in [0.1, 0.15) is 33.4 Å². The minimum atomic E-state index is -0.604. The first kappa shape index (κ1) is 16.4. The largest absolute Gasteiger partial charge is 0.442 e. The Morgan fingerprint density at radius 2 is 2.00 bits per heavy atom. The van der Waals surface area contributed by atoms with Gasteiger partial charge in [0.25, 0.3) is 0 Å². The van der Waals surface area contributed by atoms with E-state index in [4.69, 9.17) is 22.1 Å². The van der Waals surface area contributed by atoms with Gasteiger partial charge in [-0.05, 0) is 33.3 Å². The molecule has 1 aromatic carbocycles. The van der Waals surface area contributed by atoms with Gasteiger partial charge < -0.3 is 10.5 Å². The summed E-state index contributed by atoms with van der Waals surface area (Å²) < 4.78 is 6.60. The Labute approximate surface area is 135 Å². The third-order valence-electron chi connectivity index (χ3n) is 3.05. The van der Waals surface area contributed by atoms with Crippen molar-refractivity contribution in [3.05, 3.63) is 35.0 Å². The molecule has 22 heavy (non-hydrogen) atoms. The Bertz CT molecular complexity index is 702. The van der Waals surface area contributed by atoms with Crippen molar-refractivity contribution >= 4 is 23.4 Å². The molecule has 0 aliphatic heterocycles. The Balaban J connectivity index is 2.52. The van der Waals surface area contributed by atoms with Crippen molar-refractivity contribution < 1.29 is 9.53 Å². The minimum Gasteiger partial charge on any atom is -0.442 e. The number of aromatic nitrogens is 2. The summed E-state index contributed by atoms with van der Waals surface area (Å²) >= 11 is 6.20. The van der Waals surface area contributed by atoms with Crippen molar-refractivity contribution in [1.82, 2.24) is 9.78 Å². The highest BCUT2D eigenvalue weighted by Crippen LogP contribution is 2.33. The van der Waals surface area contributed by atoms with Gasteiger partial charge in [0.15, 0.2) is 0 Å². The standard InChI is InChI=1S/C16H20ClN3O2/c1-5-12-13(18)14(10-8-6-7-9-11(10)17)19-20(12)15(21)22-16(2,3)4/h6-9H,5,18H2,1-4H3. The summed E-state index contributed by atoms with van der Waals surface area (Å²) in [5.74, 6) is 0. The third kappa shape index (κ3) is 3.25. The third-order valence-corrected chi connectivity index (χ3v) is 3.38. The second-order valence-electron chi connectivity index (χ2n) is 5.93. The molecule has 0 saturated carbocycles. The lowest BCUT2D eigenvalue weighted by Gasteiger charge is -2.19. The highest BCUT2D eigenvalue weighted by atomic mass is 35.5. The fourth-order valence-electron chi connectivity index (χ4n) is 2.11. The van der Waals surface area contributed by atoms with Crippen LogP contribution in [0.4, 0.5) is 10.5 Å². The molecule has 0 fully saturated rings. The van der Waals surface area contributed by atoms with E-state index in [1.165, 1.54) is 4.68 Å². The summed E-state index contributed by atoms with van der Waals surface area (Å²) in [6.07, 6.45) is 0.0112. The molecule has 0 unspecified atom stereocenters. The van der Waals surface area contributed by atoms with Crippen LogP contribution in [0.5, 0.6) is 0 Å². The number of rotatable bonds is 2. The van der Waals surface area contributed by atoms with Crippen LogP contribution in [0.15, 0.2) is 24.3 Å². The van der Waals surface area contributed by atoms with Crippen LogP contribution in [-0.2, 0) is 11.2 Å². The number of hydrogen-bond acceptors (Lipinski definition) is 4. The Hall–Kier alpha value is -2.01. The maximum Gasteiger partial charge on any atom is 0.435 e. The number of nitrogens with two attached hydrogens (primary N) is 1. The molecule has 0 amide bonds. The molecule has 0 aliphatic rings. The maximum atomic E-state index is 12.3. The fourth-order valence-corrected chi connectivity index (χ4v) is 2.34. The van der Waals surface area contributed by atoms with Gasteiger partial charge in [-0.2, -0.15) is 9.78 Å². The second kappa shape index (κ2) is 6.01. The zero-order valence-corrected chi connectivity index (χ0v) is 13.9. The molecular weight excluding hydrogens is 302 g/mol. The Morgan fingerprint density at radius 3 is 2.55 bits per heavy atom. The van der Waals surface area contributed by atoms with E-state index >= 15 is 0 Å². The summed E-state index contributed by atoms with van der Waals surface area (Å²) in [5.41, 5.74) is 7.81. The number of carbonyl (C=O) groups is 1. The molecule has 0 atom stereocenters. The van der Waals surface area contributed by atoms with Gasteiger partial charge in [0.05, 0.1) is 16.4 Å². The Kier molecular flexibility index (Phi) is 4.47. The van der Waals surface area contributed by atoms with E-state index < -0.39 is 11.7 Å². The Morgan fingerprint density at radius 1 is 1.36 bits per heavy atom. The first-order chi connectivity index (χ1) is 10.2. The molecule has 2 N–H and O–H groups in total. The van der Waals surface area contributed by atoms with Crippen LogP contribution in [0.2, 0.25) is 5.02 Å². The predicted molar refractivity (Wildman–Crippen MR) is 88.1 cm³/mol. The van der Waals surface area contributed by atoms with Crippen LogP contribution in [-0.4, -0.2) is 21.5 Å². The molecule has 0 radical (unpaired) electrons. The predicted octanol–water partition coefficient (Wildman–Crippen LogP) is 4.13. The highest BCUT2D eigenvalue weighted by molar-refractivity contribution is 6.33. The van der Waals surface area contributed by atoms with Gasteiger partial charge >= 0.3 is 6.09 Å². The second-order valence-corrected chi connectivity index (χ2v) is 6.34. The lowest BCUT2D eigenvalue weighted by atomic mass is 10.1. The minimum absolute atomic E-state index is 0.446. The first-order valence-electron chi connectivity index (χ1n) is 7.10. The van der Waals surface area contributed by atoms with Crippen LogP contribution < -0.4 is 5.73 Å². The molecule has 2 rings (SSSR count). The molecule has 0 spiro atoms. The molecule has 0 saturated heterocycles. The molecule has 2 aromatic rings. The lowest BCUT2D eigenvalue weighted by Crippen LogP contribution is -2.28. The van der Waals surface area contributed by atoms with Crippen LogP contribution in [0.3, 0.4) is 0 Å². The number of ether oxygens (including phenoxy) is 1. The van der Waals surface area contributed by atoms with Gasteiger partial charge in [0.2, 0.25) is 0 Å². The van der Waals surface area contributed by atoms with E-state index in [2.05, 4.69) is 5.10 Å². The van der Waals surface area contributed by atoms with Gasteiger partial charge in [0, 0.05) is 5.56 Å². The highest BCUT2D eigenvalue weighted by Gasteiger charge is 2.25. The monoisotopic (exact) mass is 321 g/mol. The summed E-state index contributed by atoms with van der Waals surface area (Å²) in [6, 6.07) is 7.25. The molecule has 0 aliphatic carbocycles. The molecular formula is C16H20ClN3O2. The van der Waals surface area contributed by atoms with Gasteiger partial charge in [0.1, 0.15) is 11.3 Å². The average molecular weight is 322 g/mol. The summed E-state index contributed by atoms with van der Waals surface area (Å²) in [7, 11) is 0. The van der Waals surface area contributed by atoms with E-state index in [1.807, 2.05) is 25.1 Å². The number of nitrogens with zero attached hydrogens (tertiary/aromatic N) is 2. The topological polar surface area (TPSA) is 70.1 Å². The van der Waals surface area contributed by atoms with Crippen LogP contribution >= 0.6 is 11.6 Å². The molecule has 0 bridgehead atoms. The zero-order chi connectivity index (χ0) is 16.5. The first-order valence-corrected chi connectivity index (χ1v) is 7.48. The SMILES string of the molecule is CCc1c(N)c(-c2ccccc2Cl)nn1C(=O)OC(C)(C)C. The average Bonchev–Trinajstić information content (AvgIpc) is 2.74. The van der Waals surface area contributed by atoms with Crippen molar-refractivity contribution in [3.8, 4) is 11.3 Å². The maximum absolute atomic E-state index is 12.3. The number of anilines is 1. The van der Waals surface area contributed by atoms with Crippen LogP contribution in [0, 0.1) is 0 Å². The molecule has 5 nitrogen and oxygen atoms in total. The van der Waals surface area contributed by atoms with Crippen molar-refractivity contribution in [2.45, 2.75) is 39.7 Å². The van der Waals surface area contributed by atoms with Gasteiger partial charge in [-0.15, -0.1) is 0 Å². The summed E-state index contributed by atoms with van der Waals surface area (Å²) in [4.78, 5) is 12.3. The quantitative estimate of drug-likeness (QED) is 0.902. The number of benzene rings is 1. The van der Waals surface area contributed by atoms with E-state index in [-0.39, 0.29) is 0 Å². The van der Waals surface area contributed by atoms with Crippen molar-refractivity contribution in [1.29, 1.82) is 0 Å². The number of hydrogen-bond donors (Lipinski definition) is 1. The van der Waals surface area contributed by atoms with Crippen molar-refractivity contribution in [2.24, 2.45) is 0 Å². The summed E-state index contributed by atoms with van der Waals surface area (Å²) in [5, 5.41) is 4.86. The van der Waals surface area contributed by atoms with E-state index in [0.717, 1.165) is 0 Å². The normalized spacial score (nSPS) is 11.5. The number of halogens is 1. The molecule has 1 aromatic heterocycles. The smallest absolute Gasteiger partial charge is 0.435 e. The summed E-state index contributed by atoms with van der Waals surface area (Å²) in [6.45, 7) is 7.32. The van der Waals surface area contributed by atoms with Gasteiger partial charge in [-0.25, -0.2) is 4.79 Å². The number of nitrogen functional groups attached to an aromatic ring is 1. The van der Waals surface area contributed by atoms with Gasteiger partial charge in [-0.3, -0.25) is 0 Å². The molecule has 6 heteroatoms. The number of carbonyl (C=O) groups excluding carboxylic acids is 1. The van der Waals surface area contributed by atoms with Gasteiger partial charge in [-0.1, -0.05) is 36.7 Å². The zero-order valence-electron chi connectivity index (χ0n) is 13.2. The molecule has 118 valence electrons.